The van der Waals surface area contributed by atoms with Crippen molar-refractivity contribution in [2.24, 2.45) is 14.1 Å². The van der Waals surface area contributed by atoms with E-state index in [1.165, 1.54) is 18.5 Å². The van der Waals surface area contributed by atoms with E-state index < -0.39 is 11.2 Å². The van der Waals surface area contributed by atoms with Crippen molar-refractivity contribution < 1.29 is 9.53 Å². The van der Waals surface area contributed by atoms with Crippen LogP contribution in [0.3, 0.4) is 0 Å². The van der Waals surface area contributed by atoms with E-state index >= 15 is 0 Å². The van der Waals surface area contributed by atoms with Crippen molar-refractivity contribution >= 4 is 23.1 Å². The molecule has 0 unspecified atom stereocenters. The molecule has 0 amide bonds. The van der Waals surface area contributed by atoms with Crippen LogP contribution in [0, 0.1) is 0 Å². The Morgan fingerprint density at radius 2 is 2.05 bits per heavy atom. The fraction of sp³-hybridized carbons (Fsp3) is 0.538. The van der Waals surface area contributed by atoms with E-state index in [9.17, 15) is 14.4 Å². The number of nitrogens with zero attached hydrogens (tertiary/aromatic N) is 3. The summed E-state index contributed by atoms with van der Waals surface area (Å²) in [5, 5.41) is 3.06. The second kappa shape index (κ2) is 6.04. The summed E-state index contributed by atoms with van der Waals surface area (Å²) in [5.41, 5.74) is -0.360. The van der Waals surface area contributed by atoms with E-state index in [1.807, 2.05) is 6.92 Å². The number of aromatic nitrogens is 4. The summed E-state index contributed by atoms with van der Waals surface area (Å²) in [5.74, 6) is -0.00609. The first kappa shape index (κ1) is 15.8. The molecule has 9 heteroatoms. The zero-order valence-electron chi connectivity index (χ0n) is 13.0. The SMILES string of the molecule is CC[C@H](COC(C)=O)Nc1nc2c([nH]1)c(=O)n(C)c(=O)n2C. The summed E-state index contributed by atoms with van der Waals surface area (Å²) in [4.78, 5) is 41.9. The van der Waals surface area contributed by atoms with Crippen molar-refractivity contribution in [2.75, 3.05) is 11.9 Å². The molecule has 0 saturated carbocycles. The predicted octanol–water partition coefficient (Wildman–Crippen LogP) is -0.286. The van der Waals surface area contributed by atoms with Gasteiger partial charge in [0.1, 0.15) is 6.61 Å². The quantitative estimate of drug-likeness (QED) is 0.735. The number of hydrogen-bond donors (Lipinski definition) is 2. The zero-order valence-corrected chi connectivity index (χ0v) is 13.0. The zero-order chi connectivity index (χ0) is 16.4. The second-order valence-corrected chi connectivity index (χ2v) is 5.04. The average Bonchev–Trinajstić information content (AvgIpc) is 2.91. The number of fused-ring (bicyclic) bond motifs is 1. The van der Waals surface area contributed by atoms with Gasteiger partial charge in [-0.3, -0.25) is 18.7 Å². The number of esters is 1. The van der Waals surface area contributed by atoms with Gasteiger partial charge in [0.25, 0.3) is 5.56 Å². The third-order valence-electron chi connectivity index (χ3n) is 3.42. The van der Waals surface area contributed by atoms with Crippen molar-refractivity contribution in [3.8, 4) is 0 Å². The van der Waals surface area contributed by atoms with E-state index in [-0.39, 0.29) is 29.8 Å². The van der Waals surface area contributed by atoms with Gasteiger partial charge in [-0.05, 0) is 6.42 Å². The normalized spacial score (nSPS) is 12.4. The third kappa shape index (κ3) is 2.87. The van der Waals surface area contributed by atoms with Gasteiger partial charge < -0.3 is 15.0 Å². The molecule has 0 bridgehead atoms. The molecule has 120 valence electrons. The lowest BCUT2D eigenvalue weighted by Gasteiger charge is -2.15. The summed E-state index contributed by atoms with van der Waals surface area (Å²) in [6.45, 7) is 3.46. The molecule has 0 aliphatic carbocycles. The molecule has 0 aliphatic rings. The molecule has 9 nitrogen and oxygen atoms in total. The number of anilines is 1. The highest BCUT2D eigenvalue weighted by atomic mass is 16.5. The second-order valence-electron chi connectivity index (χ2n) is 5.04. The van der Waals surface area contributed by atoms with Gasteiger partial charge in [-0.15, -0.1) is 0 Å². The van der Waals surface area contributed by atoms with Gasteiger partial charge in [-0.1, -0.05) is 6.92 Å². The molecule has 2 rings (SSSR count). The molecule has 0 aliphatic heterocycles. The molecule has 2 aromatic heterocycles. The Bertz CT molecular complexity index is 816. The number of imidazole rings is 1. The van der Waals surface area contributed by atoms with Gasteiger partial charge >= 0.3 is 11.7 Å². The van der Waals surface area contributed by atoms with Gasteiger partial charge in [-0.2, -0.15) is 4.98 Å². The van der Waals surface area contributed by atoms with Crippen LogP contribution in [0.5, 0.6) is 0 Å². The summed E-state index contributed by atoms with van der Waals surface area (Å²) in [7, 11) is 2.96. The first-order valence-corrected chi connectivity index (χ1v) is 6.90. The highest BCUT2D eigenvalue weighted by molar-refractivity contribution is 5.72. The van der Waals surface area contributed by atoms with Crippen LogP contribution in [0.2, 0.25) is 0 Å². The first-order valence-electron chi connectivity index (χ1n) is 6.90. The van der Waals surface area contributed by atoms with Gasteiger partial charge in [0.15, 0.2) is 11.2 Å². The van der Waals surface area contributed by atoms with E-state index in [0.717, 1.165) is 4.57 Å². The number of carbonyl (C=O) groups is 1. The summed E-state index contributed by atoms with van der Waals surface area (Å²) < 4.78 is 7.27. The van der Waals surface area contributed by atoms with Crippen LogP contribution in [0.25, 0.3) is 11.2 Å². The molecular formula is C13H19N5O4. The molecule has 2 heterocycles. The number of nitrogens with one attached hydrogen (secondary N) is 2. The number of carbonyl (C=O) groups excluding carboxylic acids is 1. The van der Waals surface area contributed by atoms with Crippen molar-refractivity contribution in [3.63, 3.8) is 0 Å². The number of rotatable bonds is 5. The molecule has 1 atom stereocenters. The van der Waals surface area contributed by atoms with Crippen LogP contribution in [0.4, 0.5) is 5.95 Å². The van der Waals surface area contributed by atoms with Gasteiger partial charge in [-0.25, -0.2) is 4.79 Å². The van der Waals surface area contributed by atoms with Gasteiger partial charge in [0.05, 0.1) is 6.04 Å². The minimum atomic E-state index is -0.442. The molecule has 0 radical (unpaired) electrons. The van der Waals surface area contributed by atoms with Crippen molar-refractivity contribution in [1.82, 2.24) is 19.1 Å². The highest BCUT2D eigenvalue weighted by Gasteiger charge is 2.15. The Hall–Kier alpha value is -2.58. The number of ether oxygens (including phenoxy) is 1. The fourth-order valence-electron chi connectivity index (χ4n) is 2.07. The Kier molecular flexibility index (Phi) is 4.34. The summed E-state index contributed by atoms with van der Waals surface area (Å²) in [6.07, 6.45) is 0.696. The van der Waals surface area contributed by atoms with Crippen LogP contribution in [-0.4, -0.2) is 37.7 Å². The van der Waals surface area contributed by atoms with Gasteiger partial charge in [0, 0.05) is 21.0 Å². The smallest absolute Gasteiger partial charge is 0.332 e. The lowest BCUT2D eigenvalue weighted by atomic mass is 10.2. The first-order chi connectivity index (χ1) is 10.3. The Labute approximate surface area is 125 Å². The van der Waals surface area contributed by atoms with Crippen LogP contribution in [0.1, 0.15) is 20.3 Å². The molecule has 0 saturated heterocycles. The van der Waals surface area contributed by atoms with Crippen LogP contribution < -0.4 is 16.6 Å². The molecule has 22 heavy (non-hydrogen) atoms. The van der Waals surface area contributed by atoms with E-state index in [0.29, 0.717) is 12.4 Å². The average molecular weight is 309 g/mol. The van der Waals surface area contributed by atoms with E-state index in [2.05, 4.69) is 15.3 Å². The lowest BCUT2D eigenvalue weighted by Crippen LogP contribution is -2.36. The van der Waals surface area contributed by atoms with Crippen molar-refractivity contribution in [2.45, 2.75) is 26.3 Å². The molecule has 0 aromatic carbocycles. The Morgan fingerprint density at radius 3 is 2.64 bits per heavy atom. The molecule has 2 aromatic rings. The van der Waals surface area contributed by atoms with E-state index in [1.54, 1.807) is 7.05 Å². The monoisotopic (exact) mass is 309 g/mol. The standard InChI is InChI=1S/C13H19N5O4/c1-5-8(6-22-7(2)19)14-12-15-9-10(16-12)17(3)13(21)18(4)11(9)20/h8H,5-6H2,1-4H3,(H2,14,15,16)/t8-/m1/s1. The highest BCUT2D eigenvalue weighted by Crippen LogP contribution is 2.10. The predicted molar refractivity (Wildman–Crippen MR) is 80.9 cm³/mol. The number of H-pyrrole nitrogens is 1. The lowest BCUT2D eigenvalue weighted by molar-refractivity contribution is -0.141. The minimum Gasteiger partial charge on any atom is -0.464 e. The Morgan fingerprint density at radius 1 is 1.36 bits per heavy atom. The number of aromatic amines is 1. The Balaban J connectivity index is 2.35. The maximum Gasteiger partial charge on any atom is 0.332 e. The molecule has 0 fully saturated rings. The van der Waals surface area contributed by atoms with Crippen molar-refractivity contribution in [3.05, 3.63) is 20.8 Å². The number of hydrogen-bond acceptors (Lipinski definition) is 6. The van der Waals surface area contributed by atoms with Crippen LogP contribution in [-0.2, 0) is 23.6 Å². The maximum atomic E-state index is 12.1. The summed E-state index contributed by atoms with van der Waals surface area (Å²) in [6, 6.07) is -0.148. The molecular weight excluding hydrogens is 290 g/mol. The minimum absolute atomic E-state index is 0.148. The third-order valence-corrected chi connectivity index (χ3v) is 3.42. The summed E-state index contributed by atoms with van der Waals surface area (Å²) >= 11 is 0. The van der Waals surface area contributed by atoms with Crippen LogP contribution in [0.15, 0.2) is 9.59 Å². The van der Waals surface area contributed by atoms with Crippen LogP contribution >= 0.6 is 0 Å². The maximum absolute atomic E-state index is 12.1. The van der Waals surface area contributed by atoms with Gasteiger partial charge in [0.2, 0.25) is 5.95 Å². The largest absolute Gasteiger partial charge is 0.464 e. The van der Waals surface area contributed by atoms with E-state index in [4.69, 9.17) is 4.74 Å². The molecule has 0 spiro atoms. The topological polar surface area (TPSA) is 111 Å². The van der Waals surface area contributed by atoms with Crippen molar-refractivity contribution in [1.29, 1.82) is 0 Å². The number of aryl methyl sites for hydroxylation is 1. The molecule has 2 N–H and O–H groups in total. The fourth-order valence-corrected chi connectivity index (χ4v) is 2.07.